The SMILES string of the molecule is CC(C)CCC(C)NC(=O)COc1cccnc1C(=O)O. The van der Waals surface area contributed by atoms with E-state index in [9.17, 15) is 9.59 Å². The highest BCUT2D eigenvalue weighted by Crippen LogP contribution is 2.14. The molecule has 0 saturated carbocycles. The Morgan fingerprint density at radius 1 is 1.33 bits per heavy atom. The number of aromatic nitrogens is 1. The third-order valence-electron chi connectivity index (χ3n) is 2.92. The molecule has 0 aromatic carbocycles. The molecule has 1 atom stereocenters. The fraction of sp³-hybridized carbons (Fsp3) is 0.533. The standard InChI is InChI=1S/C15H22N2O4/c1-10(2)6-7-11(3)17-13(18)9-21-12-5-4-8-16-14(12)15(19)20/h4-5,8,10-11H,6-7,9H2,1-3H3,(H,17,18)(H,19,20). The molecule has 1 unspecified atom stereocenters. The van der Waals surface area contributed by atoms with Gasteiger partial charge < -0.3 is 15.2 Å². The molecular weight excluding hydrogens is 272 g/mol. The average Bonchev–Trinajstić information content (AvgIpc) is 2.43. The first kappa shape index (κ1) is 16.9. The molecule has 0 saturated heterocycles. The van der Waals surface area contributed by atoms with Crippen molar-refractivity contribution in [3.05, 3.63) is 24.0 Å². The van der Waals surface area contributed by atoms with Crippen LogP contribution in [0.5, 0.6) is 5.75 Å². The number of amides is 1. The van der Waals surface area contributed by atoms with Crippen LogP contribution in [0.2, 0.25) is 0 Å². The Bertz CT molecular complexity index is 488. The molecule has 0 aliphatic carbocycles. The Kier molecular flexibility index (Phi) is 6.65. The lowest BCUT2D eigenvalue weighted by Crippen LogP contribution is -2.36. The maximum atomic E-state index is 11.7. The average molecular weight is 294 g/mol. The summed E-state index contributed by atoms with van der Waals surface area (Å²) in [5.41, 5.74) is -0.196. The molecule has 0 bridgehead atoms. The molecule has 1 aromatic rings. The summed E-state index contributed by atoms with van der Waals surface area (Å²) in [6.07, 6.45) is 3.30. The van der Waals surface area contributed by atoms with Gasteiger partial charge in [-0.25, -0.2) is 9.78 Å². The monoisotopic (exact) mass is 294 g/mol. The lowest BCUT2D eigenvalue weighted by atomic mass is 10.0. The van der Waals surface area contributed by atoms with Crippen LogP contribution >= 0.6 is 0 Å². The number of hydrogen-bond donors (Lipinski definition) is 2. The number of carbonyl (C=O) groups is 2. The van der Waals surface area contributed by atoms with E-state index in [0.717, 1.165) is 12.8 Å². The summed E-state index contributed by atoms with van der Waals surface area (Å²) in [4.78, 5) is 26.4. The lowest BCUT2D eigenvalue weighted by molar-refractivity contribution is -0.123. The highest BCUT2D eigenvalue weighted by Gasteiger charge is 2.14. The van der Waals surface area contributed by atoms with Crippen LogP contribution in [0, 0.1) is 5.92 Å². The van der Waals surface area contributed by atoms with Gasteiger partial charge in [0.1, 0.15) is 0 Å². The summed E-state index contributed by atoms with van der Waals surface area (Å²) in [6, 6.07) is 3.10. The number of rotatable bonds is 8. The second-order valence-corrected chi connectivity index (χ2v) is 5.38. The largest absolute Gasteiger partial charge is 0.481 e. The van der Waals surface area contributed by atoms with Gasteiger partial charge in [-0.15, -0.1) is 0 Å². The summed E-state index contributed by atoms with van der Waals surface area (Å²) in [7, 11) is 0. The van der Waals surface area contributed by atoms with Crippen molar-refractivity contribution >= 4 is 11.9 Å². The highest BCUT2D eigenvalue weighted by atomic mass is 16.5. The van der Waals surface area contributed by atoms with Crippen molar-refractivity contribution in [1.29, 1.82) is 0 Å². The molecule has 0 aliphatic rings. The Labute approximate surface area is 124 Å². The first-order valence-electron chi connectivity index (χ1n) is 7.00. The van der Waals surface area contributed by atoms with Gasteiger partial charge in [-0.05, 0) is 37.8 Å². The summed E-state index contributed by atoms with van der Waals surface area (Å²) in [5, 5.41) is 11.8. The number of carboxylic acids is 1. The van der Waals surface area contributed by atoms with Crippen molar-refractivity contribution in [2.45, 2.75) is 39.7 Å². The van der Waals surface area contributed by atoms with Crippen molar-refractivity contribution in [3.8, 4) is 5.75 Å². The van der Waals surface area contributed by atoms with E-state index in [1.807, 2.05) is 6.92 Å². The van der Waals surface area contributed by atoms with Crippen LogP contribution in [-0.2, 0) is 4.79 Å². The van der Waals surface area contributed by atoms with Crippen molar-refractivity contribution in [3.63, 3.8) is 0 Å². The molecule has 0 fully saturated rings. The number of nitrogens with zero attached hydrogens (tertiary/aromatic N) is 1. The molecule has 1 aromatic heterocycles. The molecule has 6 heteroatoms. The number of pyridine rings is 1. The second kappa shape index (κ2) is 8.24. The quantitative estimate of drug-likeness (QED) is 0.766. The van der Waals surface area contributed by atoms with Crippen molar-refractivity contribution in [2.24, 2.45) is 5.92 Å². The van der Waals surface area contributed by atoms with Crippen molar-refractivity contribution in [1.82, 2.24) is 10.3 Å². The van der Waals surface area contributed by atoms with E-state index in [4.69, 9.17) is 9.84 Å². The van der Waals surface area contributed by atoms with Crippen molar-refractivity contribution < 1.29 is 19.4 Å². The van der Waals surface area contributed by atoms with Crippen molar-refractivity contribution in [2.75, 3.05) is 6.61 Å². The van der Waals surface area contributed by atoms with E-state index in [-0.39, 0.29) is 30.0 Å². The Balaban J connectivity index is 2.45. The molecule has 21 heavy (non-hydrogen) atoms. The number of ether oxygens (including phenoxy) is 1. The van der Waals surface area contributed by atoms with Gasteiger partial charge in [0.2, 0.25) is 0 Å². The lowest BCUT2D eigenvalue weighted by Gasteiger charge is -2.15. The molecule has 1 heterocycles. The zero-order chi connectivity index (χ0) is 15.8. The predicted molar refractivity (Wildman–Crippen MR) is 78.4 cm³/mol. The molecule has 0 radical (unpaired) electrons. The molecule has 1 rings (SSSR count). The number of hydrogen-bond acceptors (Lipinski definition) is 4. The zero-order valence-electron chi connectivity index (χ0n) is 12.6. The van der Waals surface area contributed by atoms with Crippen LogP contribution in [0.25, 0.3) is 0 Å². The minimum atomic E-state index is -1.18. The molecule has 116 valence electrons. The summed E-state index contributed by atoms with van der Waals surface area (Å²) < 4.78 is 5.23. The second-order valence-electron chi connectivity index (χ2n) is 5.38. The fourth-order valence-corrected chi connectivity index (χ4v) is 1.78. The minimum Gasteiger partial charge on any atom is -0.481 e. The number of aromatic carboxylic acids is 1. The van der Waals surface area contributed by atoms with Gasteiger partial charge >= 0.3 is 5.97 Å². The van der Waals surface area contributed by atoms with Gasteiger partial charge in [-0.3, -0.25) is 4.79 Å². The van der Waals surface area contributed by atoms with Crippen LogP contribution in [0.3, 0.4) is 0 Å². The zero-order valence-corrected chi connectivity index (χ0v) is 12.6. The van der Waals surface area contributed by atoms with Crippen LogP contribution in [0.1, 0.15) is 44.1 Å². The maximum Gasteiger partial charge on any atom is 0.358 e. The Hall–Kier alpha value is -2.11. The molecule has 0 aliphatic heterocycles. The van der Waals surface area contributed by atoms with Gasteiger partial charge in [0.05, 0.1) is 0 Å². The van der Waals surface area contributed by atoms with Gasteiger partial charge in [0.25, 0.3) is 5.91 Å². The summed E-state index contributed by atoms with van der Waals surface area (Å²) >= 11 is 0. The highest BCUT2D eigenvalue weighted by molar-refractivity contribution is 5.88. The minimum absolute atomic E-state index is 0.0661. The van der Waals surface area contributed by atoms with E-state index < -0.39 is 5.97 Å². The Morgan fingerprint density at radius 3 is 2.67 bits per heavy atom. The normalized spacial score (nSPS) is 12.0. The van der Waals surface area contributed by atoms with Crippen LogP contribution in [-0.4, -0.2) is 34.6 Å². The van der Waals surface area contributed by atoms with E-state index >= 15 is 0 Å². The molecular formula is C15H22N2O4. The first-order chi connectivity index (χ1) is 9.90. The van der Waals surface area contributed by atoms with E-state index in [1.54, 1.807) is 6.07 Å². The van der Waals surface area contributed by atoms with E-state index in [1.165, 1.54) is 12.3 Å². The van der Waals surface area contributed by atoms with Gasteiger partial charge in [-0.1, -0.05) is 13.8 Å². The van der Waals surface area contributed by atoms with Crippen LogP contribution < -0.4 is 10.1 Å². The summed E-state index contributed by atoms with van der Waals surface area (Å²) in [6.45, 7) is 5.98. The first-order valence-corrected chi connectivity index (χ1v) is 7.00. The maximum absolute atomic E-state index is 11.7. The van der Waals surface area contributed by atoms with Gasteiger partial charge in [0, 0.05) is 12.2 Å². The third kappa shape index (κ3) is 6.25. The topological polar surface area (TPSA) is 88.5 Å². The number of carboxylic acid groups (broad SMARTS) is 1. The fourth-order valence-electron chi connectivity index (χ4n) is 1.78. The van der Waals surface area contributed by atoms with Crippen LogP contribution in [0.15, 0.2) is 18.3 Å². The van der Waals surface area contributed by atoms with Gasteiger partial charge in [0.15, 0.2) is 18.1 Å². The number of nitrogens with one attached hydrogen (secondary N) is 1. The molecule has 0 spiro atoms. The van der Waals surface area contributed by atoms with E-state index in [0.29, 0.717) is 5.92 Å². The Morgan fingerprint density at radius 2 is 2.05 bits per heavy atom. The summed E-state index contributed by atoms with van der Waals surface area (Å²) in [5.74, 6) is -0.771. The predicted octanol–water partition coefficient (Wildman–Crippen LogP) is 2.10. The van der Waals surface area contributed by atoms with Crippen LogP contribution in [0.4, 0.5) is 0 Å². The molecule has 6 nitrogen and oxygen atoms in total. The van der Waals surface area contributed by atoms with Gasteiger partial charge in [-0.2, -0.15) is 0 Å². The molecule has 1 amide bonds. The smallest absolute Gasteiger partial charge is 0.358 e. The number of carbonyl (C=O) groups excluding carboxylic acids is 1. The van der Waals surface area contributed by atoms with E-state index in [2.05, 4.69) is 24.1 Å². The third-order valence-corrected chi connectivity index (χ3v) is 2.92. The molecule has 2 N–H and O–H groups in total.